The molecule has 0 bridgehead atoms. The van der Waals surface area contributed by atoms with Crippen molar-refractivity contribution in [2.24, 2.45) is 5.10 Å². The number of phenols is 1. The summed E-state index contributed by atoms with van der Waals surface area (Å²) in [5.74, 6) is 0.148. The van der Waals surface area contributed by atoms with Crippen LogP contribution in [0, 0.1) is 6.92 Å². The van der Waals surface area contributed by atoms with E-state index in [-0.39, 0.29) is 18.1 Å². The molecule has 1 amide bonds. The summed E-state index contributed by atoms with van der Waals surface area (Å²) in [5, 5.41) is 14.7. The molecular weight excluding hydrogens is 367 g/mol. The van der Waals surface area contributed by atoms with E-state index < -0.39 is 5.91 Å². The molecule has 0 atom stereocenters. The first-order valence-corrected chi connectivity index (χ1v) is 7.93. The van der Waals surface area contributed by atoms with Crippen molar-refractivity contribution >= 4 is 35.3 Å². The van der Waals surface area contributed by atoms with E-state index in [1.165, 1.54) is 25.5 Å². The number of hydrazone groups is 1. The van der Waals surface area contributed by atoms with Gasteiger partial charge in [0.1, 0.15) is 5.75 Å². The molecular formula is C17H16Cl2N2O4. The van der Waals surface area contributed by atoms with Gasteiger partial charge in [-0.1, -0.05) is 23.2 Å². The monoisotopic (exact) mass is 382 g/mol. The molecule has 2 rings (SSSR count). The van der Waals surface area contributed by atoms with Gasteiger partial charge in [-0.2, -0.15) is 5.10 Å². The largest absolute Gasteiger partial charge is 0.504 e. The summed E-state index contributed by atoms with van der Waals surface area (Å²) < 4.78 is 10.3. The van der Waals surface area contributed by atoms with E-state index in [9.17, 15) is 9.90 Å². The SMILES string of the molecule is COc1cc(Cl)cc(/C=N\NC(=O)COc2ccc(Cl)c(C)c2)c1O. The van der Waals surface area contributed by atoms with Crippen LogP contribution >= 0.6 is 23.2 Å². The number of carbonyl (C=O) groups excluding carboxylic acids is 1. The summed E-state index contributed by atoms with van der Waals surface area (Å²) >= 11 is 11.8. The Hall–Kier alpha value is -2.44. The highest BCUT2D eigenvalue weighted by Gasteiger charge is 2.09. The van der Waals surface area contributed by atoms with Gasteiger partial charge in [0.05, 0.1) is 13.3 Å². The number of hydrogen-bond acceptors (Lipinski definition) is 5. The van der Waals surface area contributed by atoms with Gasteiger partial charge in [-0.25, -0.2) is 5.43 Å². The fraction of sp³-hybridized carbons (Fsp3) is 0.176. The van der Waals surface area contributed by atoms with Crippen LogP contribution in [0.2, 0.25) is 10.0 Å². The zero-order valence-electron chi connectivity index (χ0n) is 13.5. The highest BCUT2D eigenvalue weighted by molar-refractivity contribution is 6.31. The Kier molecular flexibility index (Phi) is 6.50. The van der Waals surface area contributed by atoms with Crippen molar-refractivity contribution in [3.05, 3.63) is 51.5 Å². The van der Waals surface area contributed by atoms with E-state index in [2.05, 4.69) is 10.5 Å². The van der Waals surface area contributed by atoms with Crippen LogP contribution in [0.3, 0.4) is 0 Å². The van der Waals surface area contributed by atoms with Crippen LogP contribution in [0.1, 0.15) is 11.1 Å². The first-order chi connectivity index (χ1) is 11.9. The molecule has 132 valence electrons. The van der Waals surface area contributed by atoms with Crippen molar-refractivity contribution < 1.29 is 19.4 Å². The highest BCUT2D eigenvalue weighted by Crippen LogP contribution is 2.32. The van der Waals surface area contributed by atoms with Crippen LogP contribution in [0.5, 0.6) is 17.2 Å². The van der Waals surface area contributed by atoms with Crippen molar-refractivity contribution in [2.75, 3.05) is 13.7 Å². The number of phenolic OH excluding ortho intramolecular Hbond substituents is 1. The summed E-state index contributed by atoms with van der Waals surface area (Å²) in [7, 11) is 1.41. The predicted molar refractivity (Wildman–Crippen MR) is 97.1 cm³/mol. The van der Waals surface area contributed by atoms with Crippen LogP contribution in [0.25, 0.3) is 0 Å². The molecule has 0 aliphatic heterocycles. The van der Waals surface area contributed by atoms with Gasteiger partial charge in [-0.3, -0.25) is 4.79 Å². The zero-order valence-corrected chi connectivity index (χ0v) is 15.1. The molecule has 8 heteroatoms. The van der Waals surface area contributed by atoms with Crippen molar-refractivity contribution in [1.29, 1.82) is 0 Å². The topological polar surface area (TPSA) is 80.2 Å². The molecule has 0 heterocycles. The normalized spacial score (nSPS) is 10.7. The number of halogens is 2. The summed E-state index contributed by atoms with van der Waals surface area (Å²) in [6, 6.07) is 8.05. The first-order valence-electron chi connectivity index (χ1n) is 7.18. The van der Waals surface area contributed by atoms with Gasteiger partial charge in [0.2, 0.25) is 0 Å². The summed E-state index contributed by atoms with van der Waals surface area (Å²) in [5.41, 5.74) is 3.45. The number of carbonyl (C=O) groups is 1. The van der Waals surface area contributed by atoms with Gasteiger partial charge >= 0.3 is 0 Å². The third-order valence-electron chi connectivity index (χ3n) is 3.18. The van der Waals surface area contributed by atoms with Crippen LogP contribution in [0.4, 0.5) is 0 Å². The minimum Gasteiger partial charge on any atom is -0.504 e. The molecule has 0 saturated carbocycles. The number of hydrogen-bond donors (Lipinski definition) is 2. The Morgan fingerprint density at radius 1 is 1.32 bits per heavy atom. The van der Waals surface area contributed by atoms with Gasteiger partial charge in [0, 0.05) is 21.7 Å². The Morgan fingerprint density at radius 2 is 2.08 bits per heavy atom. The van der Waals surface area contributed by atoms with E-state index in [4.69, 9.17) is 32.7 Å². The molecule has 0 aliphatic carbocycles. The van der Waals surface area contributed by atoms with E-state index in [0.717, 1.165) is 5.56 Å². The molecule has 0 aromatic heterocycles. The Balaban J connectivity index is 1.92. The molecule has 0 unspecified atom stereocenters. The summed E-state index contributed by atoms with van der Waals surface area (Å²) in [6.45, 7) is 1.62. The van der Waals surface area contributed by atoms with Crippen LogP contribution < -0.4 is 14.9 Å². The third kappa shape index (κ3) is 5.27. The molecule has 0 radical (unpaired) electrons. The molecule has 2 aromatic carbocycles. The first kappa shape index (κ1) is 18.9. The average molecular weight is 383 g/mol. The van der Waals surface area contributed by atoms with Crippen LogP contribution in [0.15, 0.2) is 35.4 Å². The van der Waals surface area contributed by atoms with Crippen molar-refractivity contribution in [3.8, 4) is 17.2 Å². The molecule has 0 spiro atoms. The maximum atomic E-state index is 11.7. The highest BCUT2D eigenvalue weighted by atomic mass is 35.5. The number of nitrogens with zero attached hydrogens (tertiary/aromatic N) is 1. The van der Waals surface area contributed by atoms with E-state index in [1.807, 2.05) is 6.92 Å². The van der Waals surface area contributed by atoms with Crippen LogP contribution in [-0.2, 0) is 4.79 Å². The van der Waals surface area contributed by atoms with Crippen molar-refractivity contribution in [1.82, 2.24) is 5.43 Å². The number of amides is 1. The fourth-order valence-electron chi connectivity index (χ4n) is 1.91. The van der Waals surface area contributed by atoms with E-state index in [0.29, 0.717) is 21.4 Å². The van der Waals surface area contributed by atoms with Crippen LogP contribution in [-0.4, -0.2) is 30.9 Å². The van der Waals surface area contributed by atoms with Gasteiger partial charge < -0.3 is 14.6 Å². The molecule has 0 aliphatic rings. The molecule has 25 heavy (non-hydrogen) atoms. The van der Waals surface area contributed by atoms with Gasteiger partial charge in [0.15, 0.2) is 18.1 Å². The smallest absolute Gasteiger partial charge is 0.277 e. The second kappa shape index (κ2) is 8.60. The second-order valence-electron chi connectivity index (χ2n) is 5.04. The quantitative estimate of drug-likeness (QED) is 0.591. The number of aryl methyl sites for hydroxylation is 1. The lowest BCUT2D eigenvalue weighted by Crippen LogP contribution is -2.24. The zero-order chi connectivity index (χ0) is 18.4. The molecule has 2 aromatic rings. The van der Waals surface area contributed by atoms with Gasteiger partial charge in [0.25, 0.3) is 5.91 Å². The maximum absolute atomic E-state index is 11.7. The lowest BCUT2D eigenvalue weighted by Gasteiger charge is -2.07. The third-order valence-corrected chi connectivity index (χ3v) is 3.82. The number of rotatable bonds is 6. The maximum Gasteiger partial charge on any atom is 0.277 e. The Bertz CT molecular complexity index is 809. The number of benzene rings is 2. The molecule has 0 fully saturated rings. The Labute approximate surface area is 155 Å². The second-order valence-corrected chi connectivity index (χ2v) is 5.88. The van der Waals surface area contributed by atoms with Gasteiger partial charge in [-0.15, -0.1) is 0 Å². The Morgan fingerprint density at radius 3 is 2.76 bits per heavy atom. The van der Waals surface area contributed by atoms with Crippen molar-refractivity contribution in [3.63, 3.8) is 0 Å². The molecule has 0 saturated heterocycles. The van der Waals surface area contributed by atoms with E-state index >= 15 is 0 Å². The number of aromatic hydroxyl groups is 1. The number of ether oxygens (including phenoxy) is 2. The predicted octanol–water partition coefficient (Wildman–Crippen LogP) is 3.55. The lowest BCUT2D eigenvalue weighted by molar-refractivity contribution is -0.123. The minimum atomic E-state index is -0.461. The average Bonchev–Trinajstić information content (AvgIpc) is 2.58. The number of nitrogens with one attached hydrogen (secondary N) is 1. The minimum absolute atomic E-state index is 0.127. The van der Waals surface area contributed by atoms with Gasteiger partial charge in [-0.05, 0) is 36.8 Å². The number of methoxy groups -OCH3 is 1. The van der Waals surface area contributed by atoms with E-state index in [1.54, 1.807) is 18.2 Å². The fourth-order valence-corrected chi connectivity index (χ4v) is 2.24. The standard InChI is InChI=1S/C17H16Cl2N2O4/c1-10-5-13(3-4-14(10)19)25-9-16(22)21-20-8-11-6-12(18)7-15(24-2)17(11)23/h3-8,23H,9H2,1-2H3,(H,21,22)/b20-8-. The molecule has 2 N–H and O–H groups in total. The lowest BCUT2D eigenvalue weighted by atomic mass is 10.2. The molecule has 6 nitrogen and oxygen atoms in total. The van der Waals surface area contributed by atoms with Crippen molar-refractivity contribution in [2.45, 2.75) is 6.92 Å². The summed E-state index contributed by atoms with van der Waals surface area (Å²) in [4.78, 5) is 11.7. The summed E-state index contributed by atoms with van der Waals surface area (Å²) in [6.07, 6.45) is 1.26.